The molecule has 1 aliphatic heterocycles. The normalized spacial score (nSPS) is 20.4. The van der Waals surface area contributed by atoms with E-state index in [1.165, 1.54) is 6.08 Å². The van der Waals surface area contributed by atoms with Gasteiger partial charge in [0, 0.05) is 12.6 Å². The first-order chi connectivity index (χ1) is 8.20. The van der Waals surface area contributed by atoms with Gasteiger partial charge < -0.3 is 9.64 Å². The van der Waals surface area contributed by atoms with Crippen LogP contribution in [-0.2, 0) is 14.3 Å². The van der Waals surface area contributed by atoms with Gasteiger partial charge in [-0.15, -0.1) is 0 Å². The molecule has 4 heteroatoms. The van der Waals surface area contributed by atoms with Crippen molar-refractivity contribution in [2.24, 2.45) is 0 Å². The van der Waals surface area contributed by atoms with Gasteiger partial charge in [0.25, 0.3) is 0 Å². The van der Waals surface area contributed by atoms with Crippen molar-refractivity contribution >= 4 is 11.9 Å². The number of esters is 1. The van der Waals surface area contributed by atoms with Crippen LogP contribution in [0, 0.1) is 0 Å². The van der Waals surface area contributed by atoms with Crippen LogP contribution in [-0.4, -0.2) is 36.0 Å². The second-order valence-corrected chi connectivity index (χ2v) is 3.83. The molecule has 1 saturated heterocycles. The molecule has 0 aromatic carbocycles. The van der Waals surface area contributed by atoms with Gasteiger partial charge in [-0.05, 0) is 26.7 Å². The Labute approximate surface area is 102 Å². The maximum absolute atomic E-state index is 11.8. The third-order valence-electron chi connectivity index (χ3n) is 2.64. The largest absolute Gasteiger partial charge is 0.464 e. The molecule has 1 rings (SSSR count). The van der Waals surface area contributed by atoms with E-state index in [0.717, 1.165) is 6.42 Å². The molecule has 94 valence electrons. The molecule has 1 amide bonds. The smallest absolute Gasteiger partial charge is 0.328 e. The molecule has 0 N–H and O–H groups in total. The molecule has 0 radical (unpaired) electrons. The number of carbonyl (C=O) groups is 2. The van der Waals surface area contributed by atoms with Crippen LogP contribution < -0.4 is 0 Å². The third kappa shape index (κ3) is 3.73. The average molecular weight is 237 g/mol. The molecular formula is C13H19NO3. The summed E-state index contributed by atoms with van der Waals surface area (Å²) in [5.41, 5.74) is 0. The summed E-state index contributed by atoms with van der Waals surface area (Å²) in [7, 11) is 0. The Bertz CT molecular complexity index is 334. The highest BCUT2D eigenvalue weighted by molar-refractivity contribution is 5.92. The SMILES string of the molecule is CC=CC=CC(=O)N1CCCC1C(=O)OCC. The fourth-order valence-electron chi connectivity index (χ4n) is 1.86. The molecule has 0 aromatic rings. The van der Waals surface area contributed by atoms with Gasteiger partial charge in [-0.25, -0.2) is 4.79 Å². The zero-order chi connectivity index (χ0) is 12.7. The number of rotatable bonds is 4. The Kier molecular flexibility index (Phi) is 5.46. The standard InChI is InChI=1S/C13H19NO3/c1-3-5-6-9-12(15)14-10-7-8-11(14)13(16)17-4-2/h3,5-6,9,11H,4,7-8,10H2,1-2H3. The number of hydrogen-bond acceptors (Lipinski definition) is 3. The van der Waals surface area contributed by atoms with E-state index in [1.54, 1.807) is 24.0 Å². The summed E-state index contributed by atoms with van der Waals surface area (Å²) >= 11 is 0. The number of nitrogens with zero attached hydrogens (tertiary/aromatic N) is 1. The van der Waals surface area contributed by atoms with Crippen LogP contribution in [0.2, 0.25) is 0 Å². The minimum atomic E-state index is -0.405. The first-order valence-electron chi connectivity index (χ1n) is 5.97. The lowest BCUT2D eigenvalue weighted by atomic mass is 10.2. The van der Waals surface area contributed by atoms with Gasteiger partial charge in [0.2, 0.25) is 5.91 Å². The molecule has 0 spiro atoms. The zero-order valence-corrected chi connectivity index (χ0v) is 10.4. The highest BCUT2D eigenvalue weighted by Gasteiger charge is 2.33. The summed E-state index contributed by atoms with van der Waals surface area (Å²) in [5.74, 6) is -0.420. The maximum atomic E-state index is 11.8. The predicted octanol–water partition coefficient (Wildman–Crippen LogP) is 1.67. The van der Waals surface area contributed by atoms with Crippen molar-refractivity contribution in [2.75, 3.05) is 13.2 Å². The van der Waals surface area contributed by atoms with Gasteiger partial charge in [-0.2, -0.15) is 0 Å². The number of hydrogen-bond donors (Lipinski definition) is 0. The van der Waals surface area contributed by atoms with E-state index in [4.69, 9.17) is 4.74 Å². The minimum absolute atomic E-state index is 0.126. The van der Waals surface area contributed by atoms with Gasteiger partial charge in [0.05, 0.1) is 6.61 Å². The molecule has 1 fully saturated rings. The number of ether oxygens (including phenoxy) is 1. The van der Waals surface area contributed by atoms with Crippen molar-refractivity contribution in [3.8, 4) is 0 Å². The van der Waals surface area contributed by atoms with Crippen LogP contribution in [0.5, 0.6) is 0 Å². The van der Waals surface area contributed by atoms with Crippen LogP contribution in [0.25, 0.3) is 0 Å². The third-order valence-corrected chi connectivity index (χ3v) is 2.64. The topological polar surface area (TPSA) is 46.6 Å². The minimum Gasteiger partial charge on any atom is -0.464 e. The van der Waals surface area contributed by atoms with Crippen LogP contribution in [0.15, 0.2) is 24.3 Å². The molecule has 1 atom stereocenters. The zero-order valence-electron chi connectivity index (χ0n) is 10.4. The summed E-state index contributed by atoms with van der Waals surface area (Å²) in [6.07, 6.45) is 8.35. The van der Waals surface area contributed by atoms with E-state index in [1.807, 2.05) is 13.0 Å². The van der Waals surface area contributed by atoms with E-state index in [0.29, 0.717) is 19.6 Å². The Hall–Kier alpha value is -1.58. The summed E-state index contributed by atoms with van der Waals surface area (Å²) in [6.45, 7) is 4.63. The highest BCUT2D eigenvalue weighted by Crippen LogP contribution is 2.18. The summed E-state index contributed by atoms with van der Waals surface area (Å²) in [5, 5.41) is 0. The van der Waals surface area contributed by atoms with Gasteiger partial charge >= 0.3 is 5.97 Å². The van der Waals surface area contributed by atoms with Gasteiger partial charge in [0.1, 0.15) is 6.04 Å². The van der Waals surface area contributed by atoms with E-state index in [9.17, 15) is 9.59 Å². The van der Waals surface area contributed by atoms with Crippen LogP contribution in [0.1, 0.15) is 26.7 Å². The van der Waals surface area contributed by atoms with E-state index >= 15 is 0 Å². The summed E-state index contributed by atoms with van der Waals surface area (Å²) < 4.78 is 4.96. The molecule has 1 heterocycles. The summed E-state index contributed by atoms with van der Waals surface area (Å²) in [6, 6.07) is -0.405. The molecule has 0 bridgehead atoms. The lowest BCUT2D eigenvalue weighted by Gasteiger charge is -2.21. The lowest BCUT2D eigenvalue weighted by Crippen LogP contribution is -2.40. The molecular weight excluding hydrogens is 218 g/mol. The highest BCUT2D eigenvalue weighted by atomic mass is 16.5. The fourth-order valence-corrected chi connectivity index (χ4v) is 1.86. The molecule has 0 saturated carbocycles. The Morgan fingerprint density at radius 2 is 2.18 bits per heavy atom. The van der Waals surface area contributed by atoms with Gasteiger partial charge in [0.15, 0.2) is 0 Å². The fraction of sp³-hybridized carbons (Fsp3) is 0.538. The summed E-state index contributed by atoms with van der Waals surface area (Å²) in [4.78, 5) is 25.1. The lowest BCUT2D eigenvalue weighted by molar-refractivity contribution is -0.151. The molecule has 4 nitrogen and oxygen atoms in total. The first-order valence-corrected chi connectivity index (χ1v) is 5.97. The molecule has 0 aromatic heterocycles. The van der Waals surface area contributed by atoms with Crippen molar-refractivity contribution in [1.29, 1.82) is 0 Å². The number of amides is 1. The van der Waals surface area contributed by atoms with Crippen molar-refractivity contribution in [2.45, 2.75) is 32.7 Å². The van der Waals surface area contributed by atoms with Crippen LogP contribution in [0.4, 0.5) is 0 Å². The molecule has 17 heavy (non-hydrogen) atoms. The van der Waals surface area contributed by atoms with Gasteiger partial charge in [-0.3, -0.25) is 4.79 Å². The van der Waals surface area contributed by atoms with E-state index in [-0.39, 0.29) is 11.9 Å². The van der Waals surface area contributed by atoms with Gasteiger partial charge in [-0.1, -0.05) is 18.2 Å². The Morgan fingerprint density at radius 1 is 1.41 bits per heavy atom. The molecule has 1 unspecified atom stereocenters. The van der Waals surface area contributed by atoms with Crippen molar-refractivity contribution < 1.29 is 14.3 Å². The average Bonchev–Trinajstić information content (AvgIpc) is 2.78. The first kappa shape index (κ1) is 13.5. The Morgan fingerprint density at radius 3 is 2.82 bits per heavy atom. The predicted molar refractivity (Wildman–Crippen MR) is 65.3 cm³/mol. The van der Waals surface area contributed by atoms with Crippen LogP contribution >= 0.6 is 0 Å². The monoisotopic (exact) mass is 237 g/mol. The number of likely N-dealkylation sites (tertiary alicyclic amines) is 1. The molecule has 0 aliphatic carbocycles. The second kappa shape index (κ2) is 6.89. The quantitative estimate of drug-likeness (QED) is 0.424. The Balaban J connectivity index is 2.62. The van der Waals surface area contributed by atoms with E-state index in [2.05, 4.69) is 0 Å². The van der Waals surface area contributed by atoms with Crippen molar-refractivity contribution in [3.63, 3.8) is 0 Å². The van der Waals surface area contributed by atoms with Crippen LogP contribution in [0.3, 0.4) is 0 Å². The van der Waals surface area contributed by atoms with E-state index < -0.39 is 6.04 Å². The number of carbonyl (C=O) groups excluding carboxylic acids is 2. The molecule has 1 aliphatic rings. The maximum Gasteiger partial charge on any atom is 0.328 e. The van der Waals surface area contributed by atoms with Crippen molar-refractivity contribution in [3.05, 3.63) is 24.3 Å². The van der Waals surface area contributed by atoms with Crippen molar-refractivity contribution in [1.82, 2.24) is 4.90 Å². The second-order valence-electron chi connectivity index (χ2n) is 3.83. The number of allylic oxidation sites excluding steroid dienone is 3.